The monoisotopic (exact) mass is 580 g/mol. The first kappa shape index (κ1) is 18.7. The predicted octanol–water partition coefficient (Wildman–Crippen LogP) is 6.59. The number of rotatable bonds is 4. The first-order chi connectivity index (χ1) is 13.1. The lowest BCUT2D eigenvalue weighted by Crippen LogP contribution is -2.46. The van der Waals surface area contributed by atoms with Gasteiger partial charge in [-0.15, -0.1) is 0 Å². The zero-order chi connectivity index (χ0) is 18.8. The number of ether oxygens (including phenoxy) is 1. The summed E-state index contributed by atoms with van der Waals surface area (Å²) >= 11 is 4.66. The molecule has 0 aromatic heterocycles. The molecule has 1 atom stereocenters. The molecule has 0 radical (unpaired) electrons. The maximum atomic E-state index is 5.31. The van der Waals surface area contributed by atoms with Gasteiger partial charge in [0.1, 0.15) is 11.6 Å². The standard InChI is InChI=1S/C22H18I2N2O/c1-27-20-12-10-19(11-13-20)26-21(15-2-4-16(23)5-3-15)14-22(26)25-18-8-6-17(24)7-9-18/h2-13,21H,14H2,1H3. The second kappa shape index (κ2) is 8.18. The first-order valence-electron chi connectivity index (χ1n) is 8.66. The van der Waals surface area contributed by atoms with E-state index in [1.54, 1.807) is 7.11 Å². The molecule has 136 valence electrons. The van der Waals surface area contributed by atoms with E-state index in [4.69, 9.17) is 9.73 Å². The molecule has 1 aliphatic rings. The average molecular weight is 580 g/mol. The van der Waals surface area contributed by atoms with Crippen molar-refractivity contribution >= 4 is 62.4 Å². The Morgan fingerprint density at radius 2 is 1.44 bits per heavy atom. The highest BCUT2D eigenvalue weighted by molar-refractivity contribution is 14.1. The van der Waals surface area contributed by atoms with Crippen LogP contribution in [0, 0.1) is 7.14 Å². The number of hydrogen-bond donors (Lipinski definition) is 0. The van der Waals surface area contributed by atoms with E-state index in [0.717, 1.165) is 29.4 Å². The molecule has 27 heavy (non-hydrogen) atoms. The van der Waals surface area contributed by atoms with Gasteiger partial charge in [-0.3, -0.25) is 0 Å². The van der Waals surface area contributed by atoms with E-state index < -0.39 is 0 Å². The number of benzene rings is 3. The Hall–Kier alpha value is -1.61. The highest BCUT2D eigenvalue weighted by Gasteiger charge is 2.36. The highest BCUT2D eigenvalue weighted by atomic mass is 127. The van der Waals surface area contributed by atoms with Crippen LogP contribution in [0.15, 0.2) is 77.8 Å². The van der Waals surface area contributed by atoms with Crippen molar-refractivity contribution in [3.8, 4) is 5.75 Å². The van der Waals surface area contributed by atoms with E-state index in [1.165, 1.54) is 12.7 Å². The molecule has 3 aromatic rings. The van der Waals surface area contributed by atoms with Gasteiger partial charge in [0.05, 0.1) is 18.8 Å². The van der Waals surface area contributed by atoms with Crippen molar-refractivity contribution in [2.45, 2.75) is 12.5 Å². The van der Waals surface area contributed by atoms with Crippen molar-refractivity contribution in [2.24, 2.45) is 4.99 Å². The second-order valence-electron chi connectivity index (χ2n) is 6.34. The maximum Gasteiger partial charge on any atom is 0.119 e. The molecule has 0 amide bonds. The number of methoxy groups -OCH3 is 1. The van der Waals surface area contributed by atoms with Crippen molar-refractivity contribution in [3.63, 3.8) is 0 Å². The minimum Gasteiger partial charge on any atom is -0.497 e. The molecule has 3 nitrogen and oxygen atoms in total. The maximum absolute atomic E-state index is 5.31. The van der Waals surface area contributed by atoms with Gasteiger partial charge in [-0.2, -0.15) is 0 Å². The van der Waals surface area contributed by atoms with Gasteiger partial charge < -0.3 is 9.64 Å². The Morgan fingerprint density at radius 3 is 2.04 bits per heavy atom. The molecular formula is C22H18I2N2O. The number of anilines is 1. The zero-order valence-corrected chi connectivity index (χ0v) is 19.1. The molecule has 1 saturated heterocycles. The van der Waals surface area contributed by atoms with E-state index in [9.17, 15) is 0 Å². The van der Waals surface area contributed by atoms with Gasteiger partial charge >= 0.3 is 0 Å². The summed E-state index contributed by atoms with van der Waals surface area (Å²) in [6, 6.07) is 25.6. The summed E-state index contributed by atoms with van der Waals surface area (Å²) in [5.74, 6) is 1.95. The topological polar surface area (TPSA) is 24.8 Å². The van der Waals surface area contributed by atoms with Crippen molar-refractivity contribution in [2.75, 3.05) is 12.0 Å². The van der Waals surface area contributed by atoms with Crippen LogP contribution in [0.25, 0.3) is 0 Å². The minimum atomic E-state index is 0.304. The number of nitrogens with zero attached hydrogens (tertiary/aromatic N) is 2. The highest BCUT2D eigenvalue weighted by Crippen LogP contribution is 2.41. The molecule has 5 heteroatoms. The van der Waals surface area contributed by atoms with E-state index >= 15 is 0 Å². The van der Waals surface area contributed by atoms with Gasteiger partial charge in [-0.1, -0.05) is 12.1 Å². The lowest BCUT2D eigenvalue weighted by Gasteiger charge is -2.44. The Kier molecular flexibility index (Phi) is 5.68. The fraction of sp³-hybridized carbons (Fsp3) is 0.136. The summed E-state index contributed by atoms with van der Waals surface area (Å²) < 4.78 is 7.77. The van der Waals surface area contributed by atoms with Crippen molar-refractivity contribution in [3.05, 3.63) is 85.5 Å². The molecule has 0 bridgehead atoms. The minimum absolute atomic E-state index is 0.304. The third kappa shape index (κ3) is 4.13. The molecular weight excluding hydrogens is 562 g/mol. The van der Waals surface area contributed by atoms with Gasteiger partial charge in [0.25, 0.3) is 0 Å². The third-order valence-electron chi connectivity index (χ3n) is 4.66. The Morgan fingerprint density at radius 1 is 0.852 bits per heavy atom. The number of hydrogen-bond acceptors (Lipinski definition) is 2. The number of amidine groups is 1. The van der Waals surface area contributed by atoms with Crippen LogP contribution in [0.4, 0.5) is 11.4 Å². The second-order valence-corrected chi connectivity index (χ2v) is 8.84. The van der Waals surface area contributed by atoms with Gasteiger partial charge in [0.15, 0.2) is 0 Å². The molecule has 1 unspecified atom stereocenters. The van der Waals surface area contributed by atoms with Crippen LogP contribution in [0.3, 0.4) is 0 Å². The van der Waals surface area contributed by atoms with Crippen LogP contribution in [0.1, 0.15) is 18.0 Å². The van der Waals surface area contributed by atoms with Crippen LogP contribution in [0.2, 0.25) is 0 Å². The van der Waals surface area contributed by atoms with Crippen LogP contribution in [-0.2, 0) is 0 Å². The third-order valence-corrected chi connectivity index (χ3v) is 6.09. The lowest BCUT2D eigenvalue weighted by atomic mass is 9.92. The van der Waals surface area contributed by atoms with Gasteiger partial charge in [-0.05, 0) is 111 Å². The molecule has 0 N–H and O–H groups in total. The van der Waals surface area contributed by atoms with Gasteiger partial charge in [0, 0.05) is 19.2 Å². The summed E-state index contributed by atoms with van der Waals surface area (Å²) in [5.41, 5.74) is 3.44. The molecule has 0 saturated carbocycles. The first-order valence-corrected chi connectivity index (χ1v) is 10.8. The van der Waals surface area contributed by atoms with E-state index in [1.807, 2.05) is 12.1 Å². The molecule has 1 aliphatic heterocycles. The lowest BCUT2D eigenvalue weighted by molar-refractivity contribution is 0.415. The van der Waals surface area contributed by atoms with Crippen molar-refractivity contribution in [1.82, 2.24) is 0 Å². The molecule has 4 rings (SSSR count). The molecule has 0 aliphatic carbocycles. The molecule has 0 spiro atoms. The predicted molar refractivity (Wildman–Crippen MR) is 128 cm³/mol. The summed E-state index contributed by atoms with van der Waals surface area (Å²) in [6.45, 7) is 0. The number of aliphatic imine (C=N–C) groups is 1. The normalized spacial score (nSPS) is 17.7. The van der Waals surface area contributed by atoms with Crippen LogP contribution in [-0.4, -0.2) is 12.9 Å². The smallest absolute Gasteiger partial charge is 0.119 e. The summed E-state index contributed by atoms with van der Waals surface area (Å²) in [4.78, 5) is 7.22. The summed E-state index contributed by atoms with van der Waals surface area (Å²) in [6.07, 6.45) is 0.929. The van der Waals surface area contributed by atoms with E-state index in [2.05, 4.69) is 111 Å². The SMILES string of the molecule is COc1ccc(N2C(=Nc3ccc(I)cc3)CC2c2ccc(I)cc2)cc1. The Bertz CT molecular complexity index is 951. The Labute approximate surface area is 186 Å². The van der Waals surface area contributed by atoms with Crippen molar-refractivity contribution < 1.29 is 4.74 Å². The van der Waals surface area contributed by atoms with Crippen LogP contribution in [0.5, 0.6) is 5.75 Å². The van der Waals surface area contributed by atoms with Gasteiger partial charge in [-0.25, -0.2) is 4.99 Å². The molecule has 3 aromatic carbocycles. The molecule has 1 heterocycles. The van der Waals surface area contributed by atoms with Crippen LogP contribution >= 0.6 is 45.2 Å². The average Bonchev–Trinajstić information content (AvgIpc) is 2.68. The van der Waals surface area contributed by atoms with Gasteiger partial charge in [0.2, 0.25) is 0 Å². The fourth-order valence-corrected chi connectivity index (χ4v) is 3.94. The largest absolute Gasteiger partial charge is 0.497 e. The number of halogens is 2. The van der Waals surface area contributed by atoms with Crippen molar-refractivity contribution in [1.29, 1.82) is 0 Å². The summed E-state index contributed by atoms with van der Waals surface area (Å²) in [5, 5.41) is 0. The quantitative estimate of drug-likeness (QED) is 0.326. The molecule has 1 fully saturated rings. The fourth-order valence-electron chi connectivity index (χ4n) is 3.22. The van der Waals surface area contributed by atoms with E-state index in [-0.39, 0.29) is 0 Å². The Balaban J connectivity index is 1.69. The van der Waals surface area contributed by atoms with E-state index in [0.29, 0.717) is 6.04 Å². The summed E-state index contributed by atoms with van der Waals surface area (Å²) in [7, 11) is 1.69. The zero-order valence-electron chi connectivity index (χ0n) is 14.8. The van der Waals surface area contributed by atoms with Crippen LogP contribution < -0.4 is 9.64 Å².